The minimum Gasteiger partial charge on any atom is -0.269 e. The van der Waals surface area contributed by atoms with Gasteiger partial charge in [-0.2, -0.15) is 10.1 Å². The Bertz CT molecular complexity index is 1320. The Morgan fingerprint density at radius 1 is 0.970 bits per heavy atom. The third kappa shape index (κ3) is 3.76. The summed E-state index contributed by atoms with van der Waals surface area (Å²) in [5.74, 6) is 0.0576. The monoisotopic (exact) mass is 439 g/mol. The highest BCUT2D eigenvalue weighted by molar-refractivity contribution is 6.06. The molecule has 33 heavy (non-hydrogen) atoms. The predicted molar refractivity (Wildman–Crippen MR) is 123 cm³/mol. The minimum absolute atomic E-state index is 0.107. The van der Waals surface area contributed by atoms with Crippen LogP contribution in [0.4, 0.5) is 11.6 Å². The SMILES string of the molecule is Cc1ccc([C@@H]2C[C@@H](c3ccccc3)n3ncnc3N2C(=O)c2cccc([N+](=O)[O-])c2)cc1. The number of benzene rings is 3. The number of fused-ring (bicyclic) bond motifs is 1. The number of carbonyl (C=O) groups is 1. The van der Waals surface area contributed by atoms with Crippen molar-refractivity contribution in [3.05, 3.63) is 118 Å². The fourth-order valence-electron chi connectivity index (χ4n) is 4.34. The molecule has 0 saturated carbocycles. The van der Waals surface area contributed by atoms with E-state index in [-0.39, 0.29) is 29.2 Å². The molecule has 1 aliphatic heterocycles. The van der Waals surface area contributed by atoms with Crippen LogP contribution in [-0.4, -0.2) is 25.6 Å². The largest absolute Gasteiger partial charge is 0.270 e. The van der Waals surface area contributed by atoms with Crippen LogP contribution in [0.3, 0.4) is 0 Å². The standard InChI is InChI=1S/C25H21N5O3/c1-17-10-12-19(13-11-17)22-15-23(18-6-3-2-4-7-18)29-25(26-16-27-29)28(22)24(31)20-8-5-9-21(14-20)30(32)33/h2-14,16,22-23H,15H2,1H3/t22-,23-/m0/s1. The molecule has 0 unspecified atom stereocenters. The first-order valence-corrected chi connectivity index (χ1v) is 10.6. The maximum absolute atomic E-state index is 13.8. The van der Waals surface area contributed by atoms with Gasteiger partial charge in [-0.1, -0.05) is 66.2 Å². The lowest BCUT2D eigenvalue weighted by atomic mass is 9.91. The van der Waals surface area contributed by atoms with Crippen molar-refractivity contribution < 1.29 is 9.72 Å². The third-order valence-corrected chi connectivity index (χ3v) is 5.99. The topological polar surface area (TPSA) is 94.2 Å². The Morgan fingerprint density at radius 2 is 1.70 bits per heavy atom. The molecule has 1 aromatic heterocycles. The van der Waals surface area contributed by atoms with E-state index in [1.807, 2.05) is 61.5 Å². The lowest BCUT2D eigenvalue weighted by Crippen LogP contribution is -2.42. The molecule has 2 heterocycles. The predicted octanol–water partition coefficient (Wildman–Crippen LogP) is 4.88. The normalized spacial score (nSPS) is 17.4. The van der Waals surface area contributed by atoms with Gasteiger partial charge in [0.05, 0.1) is 17.0 Å². The Morgan fingerprint density at radius 3 is 2.42 bits per heavy atom. The average Bonchev–Trinajstić information content (AvgIpc) is 3.33. The van der Waals surface area contributed by atoms with E-state index in [1.165, 1.54) is 24.5 Å². The zero-order valence-electron chi connectivity index (χ0n) is 17.9. The summed E-state index contributed by atoms with van der Waals surface area (Å²) in [6.45, 7) is 2.01. The molecule has 0 saturated heterocycles. The van der Waals surface area contributed by atoms with Gasteiger partial charge < -0.3 is 0 Å². The van der Waals surface area contributed by atoms with Crippen molar-refractivity contribution in [3.63, 3.8) is 0 Å². The van der Waals surface area contributed by atoms with Gasteiger partial charge in [0.15, 0.2) is 0 Å². The molecular formula is C25H21N5O3. The summed E-state index contributed by atoms with van der Waals surface area (Å²) in [6, 6.07) is 23.4. The highest BCUT2D eigenvalue weighted by atomic mass is 16.6. The second-order valence-corrected chi connectivity index (χ2v) is 8.08. The van der Waals surface area contributed by atoms with Crippen molar-refractivity contribution >= 4 is 17.5 Å². The number of nitro benzene ring substituents is 1. The van der Waals surface area contributed by atoms with Crippen molar-refractivity contribution in [1.82, 2.24) is 14.8 Å². The van der Waals surface area contributed by atoms with Gasteiger partial charge in [-0.15, -0.1) is 0 Å². The summed E-state index contributed by atoms with van der Waals surface area (Å²) in [5, 5.41) is 15.7. The lowest BCUT2D eigenvalue weighted by Gasteiger charge is -2.39. The van der Waals surface area contributed by atoms with E-state index in [4.69, 9.17) is 0 Å². The Kier molecular flexibility index (Phi) is 5.18. The molecule has 3 aromatic carbocycles. The number of hydrogen-bond donors (Lipinski definition) is 0. The molecule has 0 bridgehead atoms. The summed E-state index contributed by atoms with van der Waals surface area (Å²) < 4.78 is 1.76. The van der Waals surface area contributed by atoms with Gasteiger partial charge in [-0.3, -0.25) is 19.8 Å². The van der Waals surface area contributed by atoms with E-state index in [1.54, 1.807) is 15.6 Å². The van der Waals surface area contributed by atoms with Crippen LogP contribution in [-0.2, 0) is 0 Å². The molecule has 164 valence electrons. The van der Waals surface area contributed by atoms with E-state index in [0.717, 1.165) is 16.7 Å². The molecule has 1 amide bonds. The fraction of sp³-hybridized carbons (Fsp3) is 0.160. The van der Waals surface area contributed by atoms with Crippen molar-refractivity contribution in [2.24, 2.45) is 0 Å². The molecule has 0 spiro atoms. The average molecular weight is 439 g/mol. The smallest absolute Gasteiger partial charge is 0.269 e. The zero-order chi connectivity index (χ0) is 22.9. The van der Waals surface area contributed by atoms with Gasteiger partial charge in [-0.25, -0.2) is 4.68 Å². The molecule has 0 fully saturated rings. The van der Waals surface area contributed by atoms with Crippen LogP contribution in [0.15, 0.2) is 85.2 Å². The first-order chi connectivity index (χ1) is 16.0. The molecule has 8 nitrogen and oxygen atoms in total. The third-order valence-electron chi connectivity index (χ3n) is 5.99. The highest BCUT2D eigenvalue weighted by Gasteiger charge is 2.39. The molecule has 8 heteroatoms. The van der Waals surface area contributed by atoms with Gasteiger partial charge in [0.2, 0.25) is 5.95 Å². The van der Waals surface area contributed by atoms with E-state index in [9.17, 15) is 14.9 Å². The van der Waals surface area contributed by atoms with Crippen molar-refractivity contribution in [2.75, 3.05) is 4.90 Å². The van der Waals surface area contributed by atoms with Crippen LogP contribution in [0.5, 0.6) is 0 Å². The summed E-state index contributed by atoms with van der Waals surface area (Å²) in [7, 11) is 0. The van der Waals surface area contributed by atoms with Gasteiger partial charge in [0, 0.05) is 17.7 Å². The van der Waals surface area contributed by atoms with E-state index in [0.29, 0.717) is 12.4 Å². The molecular weight excluding hydrogens is 418 g/mol. The number of hydrogen-bond acceptors (Lipinski definition) is 5. The first-order valence-electron chi connectivity index (χ1n) is 10.6. The highest BCUT2D eigenvalue weighted by Crippen LogP contribution is 2.42. The molecule has 5 rings (SSSR count). The van der Waals surface area contributed by atoms with Gasteiger partial charge >= 0.3 is 0 Å². The molecule has 0 N–H and O–H groups in total. The number of carbonyl (C=O) groups excluding carboxylic acids is 1. The molecule has 4 aromatic rings. The number of amides is 1. The maximum Gasteiger partial charge on any atom is 0.270 e. The lowest BCUT2D eigenvalue weighted by molar-refractivity contribution is -0.384. The summed E-state index contributed by atoms with van der Waals surface area (Å²) in [6.07, 6.45) is 2.03. The second-order valence-electron chi connectivity index (χ2n) is 8.08. The van der Waals surface area contributed by atoms with E-state index in [2.05, 4.69) is 10.1 Å². The van der Waals surface area contributed by atoms with Crippen LogP contribution in [0, 0.1) is 17.0 Å². The Hall–Kier alpha value is -4.33. The second kappa shape index (κ2) is 8.31. The van der Waals surface area contributed by atoms with Gasteiger partial charge in [-0.05, 0) is 30.5 Å². The minimum atomic E-state index is -0.502. The number of rotatable bonds is 4. The quantitative estimate of drug-likeness (QED) is 0.334. The molecule has 1 aliphatic rings. The number of anilines is 1. The summed E-state index contributed by atoms with van der Waals surface area (Å²) in [4.78, 5) is 30.6. The van der Waals surface area contributed by atoms with Crippen LogP contribution >= 0.6 is 0 Å². The van der Waals surface area contributed by atoms with Crippen LogP contribution in [0.2, 0.25) is 0 Å². The zero-order valence-corrected chi connectivity index (χ0v) is 17.9. The van der Waals surface area contributed by atoms with Crippen molar-refractivity contribution in [3.8, 4) is 0 Å². The first kappa shape index (κ1) is 20.6. The summed E-state index contributed by atoms with van der Waals surface area (Å²) in [5.41, 5.74) is 3.26. The van der Waals surface area contributed by atoms with Crippen LogP contribution < -0.4 is 4.90 Å². The molecule has 0 radical (unpaired) electrons. The number of nitro groups is 1. The number of nitrogens with zero attached hydrogens (tertiary/aromatic N) is 5. The maximum atomic E-state index is 13.8. The van der Waals surface area contributed by atoms with Crippen molar-refractivity contribution in [2.45, 2.75) is 25.4 Å². The Balaban J connectivity index is 1.64. The van der Waals surface area contributed by atoms with Crippen LogP contribution in [0.25, 0.3) is 0 Å². The Labute approximate surface area is 190 Å². The fourth-order valence-corrected chi connectivity index (χ4v) is 4.34. The summed E-state index contributed by atoms with van der Waals surface area (Å²) >= 11 is 0. The molecule has 2 atom stereocenters. The van der Waals surface area contributed by atoms with Gasteiger partial charge in [0.25, 0.3) is 11.6 Å². The van der Waals surface area contributed by atoms with E-state index >= 15 is 0 Å². The van der Waals surface area contributed by atoms with Crippen molar-refractivity contribution in [1.29, 1.82) is 0 Å². The van der Waals surface area contributed by atoms with Crippen LogP contribution in [0.1, 0.15) is 45.6 Å². The number of aromatic nitrogens is 3. The number of non-ortho nitro benzene ring substituents is 1. The molecule has 0 aliphatic carbocycles. The van der Waals surface area contributed by atoms with E-state index < -0.39 is 4.92 Å². The van der Waals surface area contributed by atoms with Gasteiger partial charge in [0.1, 0.15) is 6.33 Å². The number of aryl methyl sites for hydroxylation is 1.